The lowest BCUT2D eigenvalue weighted by Crippen LogP contribution is -2.11. The Hall–Kier alpha value is -1.58. The highest BCUT2D eigenvalue weighted by atomic mass is 19.4. The van der Waals surface area contributed by atoms with Crippen molar-refractivity contribution in [1.82, 2.24) is 4.98 Å². The zero-order valence-corrected chi connectivity index (χ0v) is 7.75. The highest BCUT2D eigenvalue weighted by Gasteiger charge is 2.28. The fourth-order valence-electron chi connectivity index (χ4n) is 1.54. The number of halogens is 3. The molecule has 0 radical (unpaired) electrons. The van der Waals surface area contributed by atoms with Crippen LogP contribution in [0.2, 0.25) is 0 Å². The summed E-state index contributed by atoms with van der Waals surface area (Å²) in [5.41, 5.74) is 0.223. The fraction of sp³-hybridized carbons (Fsp3) is 0.182. The minimum atomic E-state index is -4.19. The summed E-state index contributed by atoms with van der Waals surface area (Å²) >= 11 is 0. The molecule has 0 N–H and O–H groups in total. The zero-order valence-electron chi connectivity index (χ0n) is 7.75. The molecule has 1 heterocycles. The van der Waals surface area contributed by atoms with Crippen LogP contribution in [0.5, 0.6) is 0 Å². The first kappa shape index (κ1) is 9.96. The third kappa shape index (κ3) is 2.26. The van der Waals surface area contributed by atoms with E-state index in [0.29, 0.717) is 5.39 Å². The van der Waals surface area contributed by atoms with Gasteiger partial charge in [0.15, 0.2) is 0 Å². The van der Waals surface area contributed by atoms with Crippen LogP contribution in [0.15, 0.2) is 36.7 Å². The summed E-state index contributed by atoms with van der Waals surface area (Å²) in [6.07, 6.45) is -2.28. The van der Waals surface area contributed by atoms with E-state index in [9.17, 15) is 13.2 Å². The maximum atomic E-state index is 12.2. The molecule has 0 fully saturated rings. The van der Waals surface area contributed by atoms with Gasteiger partial charge in [-0.05, 0) is 10.9 Å². The Bertz CT molecular complexity index is 471. The topological polar surface area (TPSA) is 12.9 Å². The third-order valence-corrected chi connectivity index (χ3v) is 2.14. The Balaban J connectivity index is 2.52. The van der Waals surface area contributed by atoms with Crippen molar-refractivity contribution in [3.63, 3.8) is 0 Å². The van der Waals surface area contributed by atoms with Gasteiger partial charge in [0.05, 0.1) is 6.42 Å². The average molecular weight is 211 g/mol. The van der Waals surface area contributed by atoms with Crippen LogP contribution in [0.1, 0.15) is 5.56 Å². The van der Waals surface area contributed by atoms with E-state index < -0.39 is 12.6 Å². The largest absolute Gasteiger partial charge is 0.393 e. The predicted molar refractivity (Wildman–Crippen MR) is 51.5 cm³/mol. The first-order chi connectivity index (χ1) is 7.06. The number of alkyl halides is 3. The second-order valence-corrected chi connectivity index (χ2v) is 3.31. The molecule has 0 saturated carbocycles. The van der Waals surface area contributed by atoms with Crippen LogP contribution in [0.25, 0.3) is 10.8 Å². The van der Waals surface area contributed by atoms with E-state index in [0.717, 1.165) is 5.39 Å². The molecule has 0 saturated heterocycles. The standard InChI is InChI=1S/C11H8F3N/c12-11(13,14)5-9-7-15-6-8-3-1-2-4-10(8)9/h1-4,6-7H,5H2. The minimum absolute atomic E-state index is 0.223. The second kappa shape index (κ2) is 3.53. The number of benzene rings is 1. The van der Waals surface area contributed by atoms with Crippen molar-refractivity contribution in [3.8, 4) is 0 Å². The third-order valence-electron chi connectivity index (χ3n) is 2.14. The molecule has 1 aromatic heterocycles. The number of pyridine rings is 1. The van der Waals surface area contributed by atoms with Crippen LogP contribution < -0.4 is 0 Å². The molecule has 2 aromatic rings. The number of nitrogens with zero attached hydrogens (tertiary/aromatic N) is 1. The quantitative estimate of drug-likeness (QED) is 0.704. The van der Waals surface area contributed by atoms with Gasteiger partial charge in [0.1, 0.15) is 0 Å². The van der Waals surface area contributed by atoms with E-state index in [1.807, 2.05) is 0 Å². The molecule has 0 unspecified atom stereocenters. The number of hydrogen-bond donors (Lipinski definition) is 0. The molecule has 0 atom stereocenters. The molecule has 1 nitrogen and oxygen atoms in total. The maximum absolute atomic E-state index is 12.2. The van der Waals surface area contributed by atoms with Gasteiger partial charge in [-0.2, -0.15) is 13.2 Å². The molecule has 0 spiro atoms. The van der Waals surface area contributed by atoms with Crippen molar-refractivity contribution < 1.29 is 13.2 Å². The lowest BCUT2D eigenvalue weighted by Gasteiger charge is -2.08. The van der Waals surface area contributed by atoms with Crippen molar-refractivity contribution in [2.75, 3.05) is 0 Å². The number of hydrogen-bond acceptors (Lipinski definition) is 1. The number of rotatable bonds is 1. The van der Waals surface area contributed by atoms with Crippen LogP contribution in [-0.4, -0.2) is 11.2 Å². The van der Waals surface area contributed by atoms with Gasteiger partial charge < -0.3 is 0 Å². The smallest absolute Gasteiger partial charge is 0.264 e. The van der Waals surface area contributed by atoms with E-state index in [-0.39, 0.29) is 5.56 Å². The number of aromatic nitrogens is 1. The molecule has 4 heteroatoms. The lowest BCUT2D eigenvalue weighted by atomic mass is 10.1. The van der Waals surface area contributed by atoms with Gasteiger partial charge in [0.2, 0.25) is 0 Å². The Morgan fingerprint density at radius 3 is 2.53 bits per heavy atom. The van der Waals surface area contributed by atoms with E-state index >= 15 is 0 Å². The van der Waals surface area contributed by atoms with Crippen LogP contribution in [0.3, 0.4) is 0 Å². The van der Waals surface area contributed by atoms with E-state index in [1.165, 1.54) is 6.20 Å². The Morgan fingerprint density at radius 2 is 1.80 bits per heavy atom. The van der Waals surface area contributed by atoms with Crippen molar-refractivity contribution in [3.05, 3.63) is 42.2 Å². The Kier molecular flexibility index (Phi) is 2.34. The van der Waals surface area contributed by atoms with E-state index in [1.54, 1.807) is 30.5 Å². The zero-order chi connectivity index (χ0) is 10.9. The average Bonchev–Trinajstić information content (AvgIpc) is 2.16. The van der Waals surface area contributed by atoms with Gasteiger partial charge in [-0.15, -0.1) is 0 Å². The fourth-order valence-corrected chi connectivity index (χ4v) is 1.54. The first-order valence-electron chi connectivity index (χ1n) is 4.45. The molecule has 0 bridgehead atoms. The summed E-state index contributed by atoms with van der Waals surface area (Å²) in [6, 6.07) is 6.93. The van der Waals surface area contributed by atoms with Gasteiger partial charge >= 0.3 is 6.18 Å². The molecule has 0 aliphatic carbocycles. The molecule has 78 valence electrons. The molecule has 0 aliphatic rings. The molecule has 0 aliphatic heterocycles. The lowest BCUT2D eigenvalue weighted by molar-refractivity contribution is -0.127. The van der Waals surface area contributed by atoms with Gasteiger partial charge in [-0.1, -0.05) is 24.3 Å². The summed E-state index contributed by atoms with van der Waals surface area (Å²) in [5, 5.41) is 1.35. The Labute approximate surface area is 84.6 Å². The predicted octanol–water partition coefficient (Wildman–Crippen LogP) is 3.34. The molecule has 0 amide bonds. The molecular formula is C11H8F3N. The molecule has 1 aromatic carbocycles. The Morgan fingerprint density at radius 1 is 1.07 bits per heavy atom. The summed E-state index contributed by atoms with van der Waals surface area (Å²) in [5.74, 6) is 0. The second-order valence-electron chi connectivity index (χ2n) is 3.31. The minimum Gasteiger partial charge on any atom is -0.264 e. The number of fused-ring (bicyclic) bond motifs is 1. The van der Waals surface area contributed by atoms with Crippen LogP contribution in [0, 0.1) is 0 Å². The SMILES string of the molecule is FC(F)(F)Cc1cncc2ccccc12. The van der Waals surface area contributed by atoms with Gasteiger partial charge in [-0.25, -0.2) is 0 Å². The highest BCUT2D eigenvalue weighted by Crippen LogP contribution is 2.25. The first-order valence-corrected chi connectivity index (χ1v) is 4.45. The summed E-state index contributed by atoms with van der Waals surface area (Å²) < 4.78 is 36.7. The normalized spacial score (nSPS) is 11.9. The van der Waals surface area contributed by atoms with Gasteiger partial charge in [0, 0.05) is 17.8 Å². The summed E-state index contributed by atoms with van der Waals surface area (Å²) in [4.78, 5) is 3.80. The monoisotopic (exact) mass is 211 g/mol. The van der Waals surface area contributed by atoms with Crippen molar-refractivity contribution in [2.24, 2.45) is 0 Å². The van der Waals surface area contributed by atoms with Crippen LogP contribution in [-0.2, 0) is 6.42 Å². The van der Waals surface area contributed by atoms with Gasteiger partial charge in [-0.3, -0.25) is 4.98 Å². The van der Waals surface area contributed by atoms with E-state index in [2.05, 4.69) is 4.98 Å². The van der Waals surface area contributed by atoms with Gasteiger partial charge in [0.25, 0.3) is 0 Å². The van der Waals surface area contributed by atoms with Crippen LogP contribution in [0.4, 0.5) is 13.2 Å². The highest BCUT2D eigenvalue weighted by molar-refractivity contribution is 5.84. The maximum Gasteiger partial charge on any atom is 0.393 e. The summed E-state index contributed by atoms with van der Waals surface area (Å²) in [7, 11) is 0. The van der Waals surface area contributed by atoms with Crippen molar-refractivity contribution in [1.29, 1.82) is 0 Å². The van der Waals surface area contributed by atoms with Crippen molar-refractivity contribution >= 4 is 10.8 Å². The molecule has 2 rings (SSSR count). The van der Waals surface area contributed by atoms with E-state index in [4.69, 9.17) is 0 Å². The van der Waals surface area contributed by atoms with Crippen molar-refractivity contribution in [2.45, 2.75) is 12.6 Å². The molecular weight excluding hydrogens is 203 g/mol. The summed E-state index contributed by atoms with van der Waals surface area (Å²) in [6.45, 7) is 0. The molecule has 15 heavy (non-hydrogen) atoms. The van der Waals surface area contributed by atoms with Crippen LogP contribution >= 0.6 is 0 Å².